The zero-order valence-corrected chi connectivity index (χ0v) is 13.9. The van der Waals surface area contributed by atoms with Crippen molar-refractivity contribution in [1.82, 2.24) is 4.98 Å². The quantitative estimate of drug-likeness (QED) is 0.564. The number of carbonyl (C=O) groups is 1. The van der Waals surface area contributed by atoms with Gasteiger partial charge in [0.05, 0.1) is 10.6 Å². The Hall–Kier alpha value is -3.06. The number of hydrogen-bond donors (Lipinski definition) is 1. The molecule has 3 aromatic rings. The number of rotatable bonds is 3. The van der Waals surface area contributed by atoms with E-state index in [4.69, 9.17) is 0 Å². The second kappa shape index (κ2) is 6.10. The van der Waals surface area contributed by atoms with Crippen LogP contribution in [0.4, 0.5) is 11.4 Å². The molecule has 1 amide bonds. The number of carbonyl (C=O) groups excluding carboxylic acids is 1. The Morgan fingerprint density at radius 1 is 1.12 bits per heavy atom. The standard InChI is InChI=1S/C18H13N3O3S/c22-17-7-5-11-8-12(4-6-15(11)19-17)16-10-25-18(20-16)13-2-1-3-14(9-13)21(23)24/h1-4,6,8-10H,5,7H2,(H,19,22). The van der Waals surface area contributed by atoms with E-state index in [1.165, 1.54) is 23.5 Å². The smallest absolute Gasteiger partial charge is 0.270 e. The van der Waals surface area contributed by atoms with Crippen molar-refractivity contribution in [3.63, 3.8) is 0 Å². The summed E-state index contributed by atoms with van der Waals surface area (Å²) in [5, 5.41) is 16.5. The van der Waals surface area contributed by atoms with Gasteiger partial charge in [0.15, 0.2) is 0 Å². The van der Waals surface area contributed by atoms with Gasteiger partial charge in [0.1, 0.15) is 5.01 Å². The van der Waals surface area contributed by atoms with E-state index in [0.29, 0.717) is 6.42 Å². The van der Waals surface area contributed by atoms with Crippen molar-refractivity contribution < 1.29 is 9.72 Å². The molecule has 2 heterocycles. The molecular formula is C18H13N3O3S. The molecule has 4 rings (SSSR count). The summed E-state index contributed by atoms with van der Waals surface area (Å²) in [7, 11) is 0. The van der Waals surface area contributed by atoms with E-state index in [2.05, 4.69) is 10.3 Å². The molecule has 0 atom stereocenters. The first-order chi connectivity index (χ1) is 12.1. The van der Waals surface area contributed by atoms with Gasteiger partial charge < -0.3 is 5.32 Å². The molecule has 6 nitrogen and oxygen atoms in total. The van der Waals surface area contributed by atoms with Crippen LogP contribution in [0.1, 0.15) is 12.0 Å². The fourth-order valence-corrected chi connectivity index (χ4v) is 3.66. The van der Waals surface area contributed by atoms with Crippen molar-refractivity contribution in [3.8, 4) is 21.8 Å². The van der Waals surface area contributed by atoms with Crippen LogP contribution in [-0.4, -0.2) is 15.8 Å². The van der Waals surface area contributed by atoms with E-state index in [9.17, 15) is 14.9 Å². The van der Waals surface area contributed by atoms with Crippen LogP contribution in [0.5, 0.6) is 0 Å². The minimum Gasteiger partial charge on any atom is -0.326 e. The molecule has 1 aliphatic heterocycles. The van der Waals surface area contributed by atoms with Gasteiger partial charge >= 0.3 is 0 Å². The van der Waals surface area contributed by atoms with Crippen molar-refractivity contribution in [2.24, 2.45) is 0 Å². The number of fused-ring (bicyclic) bond motifs is 1. The summed E-state index contributed by atoms with van der Waals surface area (Å²) in [6, 6.07) is 12.3. The Balaban J connectivity index is 1.67. The van der Waals surface area contributed by atoms with Crippen molar-refractivity contribution in [1.29, 1.82) is 0 Å². The third kappa shape index (κ3) is 3.01. The molecule has 0 saturated heterocycles. The van der Waals surface area contributed by atoms with E-state index >= 15 is 0 Å². The van der Waals surface area contributed by atoms with Crippen LogP contribution in [0.15, 0.2) is 47.8 Å². The topological polar surface area (TPSA) is 85.1 Å². The van der Waals surface area contributed by atoms with Crippen molar-refractivity contribution in [3.05, 3.63) is 63.5 Å². The highest BCUT2D eigenvalue weighted by Crippen LogP contribution is 2.33. The highest BCUT2D eigenvalue weighted by atomic mass is 32.1. The van der Waals surface area contributed by atoms with Crippen molar-refractivity contribution in [2.45, 2.75) is 12.8 Å². The van der Waals surface area contributed by atoms with Crippen LogP contribution in [0.3, 0.4) is 0 Å². The molecule has 1 N–H and O–H groups in total. The molecule has 0 fully saturated rings. The Labute approximate surface area is 147 Å². The summed E-state index contributed by atoms with van der Waals surface area (Å²) >= 11 is 1.45. The first-order valence-electron chi connectivity index (χ1n) is 7.74. The Kier molecular flexibility index (Phi) is 3.77. The average Bonchev–Trinajstić information content (AvgIpc) is 3.11. The monoisotopic (exact) mass is 351 g/mol. The molecule has 25 heavy (non-hydrogen) atoms. The van der Waals surface area contributed by atoms with Crippen LogP contribution in [0.25, 0.3) is 21.8 Å². The maximum Gasteiger partial charge on any atom is 0.270 e. The van der Waals surface area contributed by atoms with Crippen molar-refractivity contribution >= 4 is 28.6 Å². The fraction of sp³-hybridized carbons (Fsp3) is 0.111. The third-order valence-electron chi connectivity index (χ3n) is 4.10. The summed E-state index contributed by atoms with van der Waals surface area (Å²) in [6.45, 7) is 0. The number of nitro groups is 1. The van der Waals surface area contributed by atoms with Crippen LogP contribution in [0.2, 0.25) is 0 Å². The number of thiazole rings is 1. The Morgan fingerprint density at radius 2 is 2.00 bits per heavy atom. The van der Waals surface area contributed by atoms with Gasteiger partial charge in [-0.25, -0.2) is 4.98 Å². The normalized spacial score (nSPS) is 13.2. The predicted octanol–water partition coefficient (Wildman–Crippen LogP) is 4.27. The molecule has 0 saturated carbocycles. The van der Waals surface area contributed by atoms with E-state index in [0.717, 1.165) is 39.5 Å². The first kappa shape index (κ1) is 15.5. The SMILES string of the molecule is O=C1CCc2cc(-c3csc(-c4cccc([N+](=O)[O-])c4)n3)ccc2N1. The number of nitrogens with zero attached hydrogens (tertiary/aromatic N) is 2. The zero-order chi connectivity index (χ0) is 17.4. The lowest BCUT2D eigenvalue weighted by atomic mass is 9.99. The minimum atomic E-state index is -0.407. The number of nitro benzene ring substituents is 1. The van der Waals surface area contributed by atoms with Gasteiger partial charge in [-0.15, -0.1) is 11.3 Å². The molecule has 0 unspecified atom stereocenters. The van der Waals surface area contributed by atoms with Gasteiger partial charge in [-0.2, -0.15) is 0 Å². The molecule has 1 aliphatic rings. The van der Waals surface area contributed by atoms with E-state index in [1.54, 1.807) is 6.07 Å². The number of benzene rings is 2. The first-order valence-corrected chi connectivity index (χ1v) is 8.61. The Morgan fingerprint density at radius 3 is 2.84 bits per heavy atom. The van der Waals surface area contributed by atoms with Gasteiger partial charge in [-0.1, -0.05) is 18.2 Å². The van der Waals surface area contributed by atoms with Crippen LogP contribution >= 0.6 is 11.3 Å². The lowest BCUT2D eigenvalue weighted by Crippen LogP contribution is -2.18. The van der Waals surface area contributed by atoms with Crippen LogP contribution in [-0.2, 0) is 11.2 Å². The number of nitrogens with one attached hydrogen (secondary N) is 1. The van der Waals surface area contributed by atoms with Gasteiger partial charge in [-0.05, 0) is 24.1 Å². The number of aryl methyl sites for hydroxylation is 1. The van der Waals surface area contributed by atoms with Gasteiger partial charge in [0.25, 0.3) is 5.69 Å². The molecule has 0 aliphatic carbocycles. The van der Waals surface area contributed by atoms with Gasteiger partial charge in [0, 0.05) is 40.7 Å². The Bertz CT molecular complexity index is 997. The largest absolute Gasteiger partial charge is 0.326 e. The minimum absolute atomic E-state index is 0.0434. The number of aromatic nitrogens is 1. The second-order valence-electron chi connectivity index (χ2n) is 5.77. The highest BCUT2D eigenvalue weighted by molar-refractivity contribution is 7.13. The summed E-state index contributed by atoms with van der Waals surface area (Å²) in [4.78, 5) is 26.6. The molecule has 7 heteroatoms. The van der Waals surface area contributed by atoms with Crippen molar-refractivity contribution in [2.75, 3.05) is 5.32 Å². The molecule has 2 aromatic carbocycles. The second-order valence-corrected chi connectivity index (χ2v) is 6.62. The molecule has 0 bridgehead atoms. The maximum atomic E-state index is 11.4. The van der Waals surface area contributed by atoms with E-state index in [1.807, 2.05) is 29.6 Å². The van der Waals surface area contributed by atoms with E-state index < -0.39 is 4.92 Å². The summed E-state index contributed by atoms with van der Waals surface area (Å²) in [5.41, 5.74) is 4.54. The summed E-state index contributed by atoms with van der Waals surface area (Å²) in [6.07, 6.45) is 1.21. The molecule has 0 spiro atoms. The van der Waals surface area contributed by atoms with Crippen LogP contribution < -0.4 is 5.32 Å². The number of anilines is 1. The predicted molar refractivity (Wildman–Crippen MR) is 96.6 cm³/mol. The molecule has 1 aromatic heterocycles. The third-order valence-corrected chi connectivity index (χ3v) is 5.00. The summed E-state index contributed by atoms with van der Waals surface area (Å²) in [5.74, 6) is 0.0434. The fourth-order valence-electron chi connectivity index (χ4n) is 2.83. The van der Waals surface area contributed by atoms with Gasteiger partial charge in [-0.3, -0.25) is 14.9 Å². The average molecular weight is 351 g/mol. The molecule has 0 radical (unpaired) electrons. The van der Waals surface area contributed by atoms with Crippen LogP contribution in [0, 0.1) is 10.1 Å². The van der Waals surface area contributed by atoms with E-state index in [-0.39, 0.29) is 11.6 Å². The number of amides is 1. The highest BCUT2D eigenvalue weighted by Gasteiger charge is 2.16. The molecule has 124 valence electrons. The number of hydrogen-bond acceptors (Lipinski definition) is 5. The lowest BCUT2D eigenvalue weighted by Gasteiger charge is -2.17. The van der Waals surface area contributed by atoms with Gasteiger partial charge in [0.2, 0.25) is 5.91 Å². The maximum absolute atomic E-state index is 11.4. The molecular weight excluding hydrogens is 338 g/mol. The zero-order valence-electron chi connectivity index (χ0n) is 13.1. The summed E-state index contributed by atoms with van der Waals surface area (Å²) < 4.78 is 0. The lowest BCUT2D eigenvalue weighted by molar-refractivity contribution is -0.384. The number of non-ortho nitro benzene ring substituents is 1.